The fourth-order valence-electron chi connectivity index (χ4n) is 1.71. The van der Waals surface area contributed by atoms with Crippen LogP contribution in [0.4, 0.5) is 4.39 Å². The first-order chi connectivity index (χ1) is 10.5. The molecule has 0 fully saturated rings. The lowest BCUT2D eigenvalue weighted by Crippen LogP contribution is -2.38. The van der Waals surface area contributed by atoms with E-state index in [2.05, 4.69) is 15.3 Å². The van der Waals surface area contributed by atoms with Crippen molar-refractivity contribution in [1.29, 1.82) is 0 Å². The van der Waals surface area contributed by atoms with E-state index < -0.39 is 23.9 Å². The summed E-state index contributed by atoms with van der Waals surface area (Å²) in [6, 6.07) is 3.64. The number of amides is 1. The highest BCUT2D eigenvalue weighted by molar-refractivity contribution is 6.32. The van der Waals surface area contributed by atoms with E-state index in [0.29, 0.717) is 5.69 Å². The van der Waals surface area contributed by atoms with Crippen molar-refractivity contribution in [3.05, 3.63) is 47.3 Å². The van der Waals surface area contributed by atoms with Gasteiger partial charge in [-0.2, -0.15) is 0 Å². The Bertz CT molecular complexity index is 636. The molecule has 0 saturated heterocycles. The average Bonchev–Trinajstić information content (AvgIpc) is 3.01. The molecule has 1 amide bonds. The molecular weight excluding hydrogens is 313 g/mol. The highest BCUT2D eigenvalue weighted by Crippen LogP contribution is 2.25. The number of H-pyrrole nitrogens is 1. The summed E-state index contributed by atoms with van der Waals surface area (Å²) in [4.78, 5) is 18.4. The number of carbonyl (C=O) groups excluding carboxylic acids is 1. The van der Waals surface area contributed by atoms with E-state index in [9.17, 15) is 14.3 Å². The van der Waals surface area contributed by atoms with E-state index in [0.717, 1.165) is 6.07 Å². The Morgan fingerprint density at radius 3 is 3.00 bits per heavy atom. The van der Waals surface area contributed by atoms with Crippen molar-refractivity contribution in [2.45, 2.75) is 19.1 Å². The number of halogens is 2. The lowest BCUT2D eigenvalue weighted by molar-refractivity contribution is -0.127. The van der Waals surface area contributed by atoms with Crippen LogP contribution < -0.4 is 10.1 Å². The molecule has 0 aliphatic carbocycles. The van der Waals surface area contributed by atoms with Crippen molar-refractivity contribution in [1.82, 2.24) is 15.3 Å². The summed E-state index contributed by atoms with van der Waals surface area (Å²) in [6.45, 7) is 1.53. The molecule has 118 valence electrons. The Hall–Kier alpha value is -2.12. The molecule has 0 spiro atoms. The standard InChI is InChI=1S/C14H15ClFN3O3/c1-8(22-13-3-2-9(16)4-10(13)15)14(21)18-6-12(20)11-5-17-7-19-11/h2-5,7-8,12,20H,6H2,1H3,(H,17,19)(H,18,21). The van der Waals surface area contributed by atoms with Gasteiger partial charge in [-0.3, -0.25) is 4.79 Å². The molecule has 0 aliphatic heterocycles. The van der Waals surface area contributed by atoms with Crippen LogP contribution in [0, 0.1) is 5.82 Å². The Balaban J connectivity index is 1.86. The number of aromatic nitrogens is 2. The quantitative estimate of drug-likeness (QED) is 0.755. The van der Waals surface area contributed by atoms with Gasteiger partial charge in [0.1, 0.15) is 17.7 Å². The number of aliphatic hydroxyl groups is 1. The maximum Gasteiger partial charge on any atom is 0.260 e. The fourth-order valence-corrected chi connectivity index (χ4v) is 1.93. The topological polar surface area (TPSA) is 87.2 Å². The molecule has 2 unspecified atom stereocenters. The van der Waals surface area contributed by atoms with Crippen molar-refractivity contribution in [2.24, 2.45) is 0 Å². The molecule has 1 aromatic carbocycles. The van der Waals surface area contributed by atoms with E-state index in [1.807, 2.05) is 0 Å². The first-order valence-electron chi connectivity index (χ1n) is 6.53. The molecule has 0 radical (unpaired) electrons. The van der Waals surface area contributed by atoms with Gasteiger partial charge in [-0.05, 0) is 25.1 Å². The van der Waals surface area contributed by atoms with Crippen LogP contribution in [0.1, 0.15) is 18.7 Å². The normalized spacial score (nSPS) is 13.5. The molecular formula is C14H15ClFN3O3. The maximum absolute atomic E-state index is 12.9. The van der Waals surface area contributed by atoms with Crippen LogP contribution in [0.15, 0.2) is 30.7 Å². The Kier molecular flexibility index (Phi) is 5.35. The molecule has 1 heterocycles. The van der Waals surface area contributed by atoms with Gasteiger partial charge in [0.05, 0.1) is 23.2 Å². The SMILES string of the molecule is CC(Oc1ccc(F)cc1Cl)C(=O)NCC(O)c1cnc[nH]1. The van der Waals surface area contributed by atoms with Crippen LogP contribution in [-0.4, -0.2) is 33.6 Å². The minimum atomic E-state index is -0.895. The van der Waals surface area contributed by atoms with Gasteiger partial charge in [0, 0.05) is 6.54 Å². The predicted molar refractivity (Wildman–Crippen MR) is 78.1 cm³/mol. The summed E-state index contributed by atoms with van der Waals surface area (Å²) in [6.07, 6.45) is 1.16. The molecule has 3 N–H and O–H groups in total. The van der Waals surface area contributed by atoms with E-state index in [-0.39, 0.29) is 17.3 Å². The zero-order valence-electron chi connectivity index (χ0n) is 11.7. The summed E-state index contributed by atoms with van der Waals surface area (Å²) < 4.78 is 18.3. The van der Waals surface area contributed by atoms with Crippen molar-refractivity contribution >= 4 is 17.5 Å². The third kappa shape index (κ3) is 4.19. The monoisotopic (exact) mass is 327 g/mol. The molecule has 22 heavy (non-hydrogen) atoms. The summed E-state index contributed by atoms with van der Waals surface area (Å²) in [5.74, 6) is -0.712. The summed E-state index contributed by atoms with van der Waals surface area (Å²) in [5.41, 5.74) is 0.496. The lowest BCUT2D eigenvalue weighted by Gasteiger charge is -2.17. The van der Waals surface area contributed by atoms with Gasteiger partial charge in [-0.15, -0.1) is 0 Å². The third-order valence-corrected chi connectivity index (χ3v) is 3.21. The average molecular weight is 328 g/mol. The molecule has 0 saturated carbocycles. The second kappa shape index (κ2) is 7.24. The number of benzene rings is 1. The van der Waals surface area contributed by atoms with Crippen LogP contribution in [0.25, 0.3) is 0 Å². The van der Waals surface area contributed by atoms with Gasteiger partial charge in [-0.25, -0.2) is 9.37 Å². The van der Waals surface area contributed by atoms with E-state index >= 15 is 0 Å². The first kappa shape index (κ1) is 16.3. The Labute approximate surface area is 131 Å². The zero-order chi connectivity index (χ0) is 16.1. The number of carbonyl (C=O) groups is 1. The number of nitrogens with one attached hydrogen (secondary N) is 2. The number of hydrogen-bond acceptors (Lipinski definition) is 4. The number of imidazole rings is 1. The molecule has 2 rings (SSSR count). The van der Waals surface area contributed by atoms with Crippen LogP contribution >= 0.6 is 11.6 Å². The van der Waals surface area contributed by atoms with E-state index in [4.69, 9.17) is 16.3 Å². The van der Waals surface area contributed by atoms with Crippen molar-refractivity contribution in [3.63, 3.8) is 0 Å². The molecule has 1 aromatic heterocycles. The first-order valence-corrected chi connectivity index (χ1v) is 6.91. The van der Waals surface area contributed by atoms with Gasteiger partial charge < -0.3 is 20.1 Å². The summed E-state index contributed by atoms with van der Waals surface area (Å²) >= 11 is 5.83. The number of aromatic amines is 1. The lowest BCUT2D eigenvalue weighted by atomic mass is 10.2. The minimum absolute atomic E-state index is 0.00583. The van der Waals surface area contributed by atoms with Crippen molar-refractivity contribution in [3.8, 4) is 5.75 Å². The molecule has 2 atom stereocenters. The molecule has 2 aromatic rings. The van der Waals surface area contributed by atoms with E-state index in [1.165, 1.54) is 31.6 Å². The zero-order valence-corrected chi connectivity index (χ0v) is 12.5. The largest absolute Gasteiger partial charge is 0.479 e. The molecule has 8 heteroatoms. The van der Waals surface area contributed by atoms with Crippen molar-refractivity contribution < 1.29 is 19.0 Å². The highest BCUT2D eigenvalue weighted by Gasteiger charge is 2.18. The van der Waals surface area contributed by atoms with Crippen molar-refractivity contribution in [2.75, 3.05) is 6.54 Å². The number of nitrogens with zero attached hydrogens (tertiary/aromatic N) is 1. The van der Waals surface area contributed by atoms with Gasteiger partial charge in [0.15, 0.2) is 6.10 Å². The second-order valence-electron chi connectivity index (χ2n) is 4.60. The van der Waals surface area contributed by atoms with Crippen LogP contribution in [0.3, 0.4) is 0 Å². The number of rotatable bonds is 6. The number of hydrogen-bond donors (Lipinski definition) is 3. The molecule has 0 aliphatic rings. The number of ether oxygens (including phenoxy) is 1. The van der Waals surface area contributed by atoms with Crippen LogP contribution in [0.2, 0.25) is 5.02 Å². The second-order valence-corrected chi connectivity index (χ2v) is 5.01. The maximum atomic E-state index is 12.9. The van der Waals surface area contributed by atoms with Gasteiger partial charge >= 0.3 is 0 Å². The Morgan fingerprint density at radius 1 is 1.59 bits per heavy atom. The molecule has 6 nitrogen and oxygen atoms in total. The van der Waals surface area contributed by atoms with Gasteiger partial charge in [-0.1, -0.05) is 11.6 Å². The Morgan fingerprint density at radius 2 is 2.36 bits per heavy atom. The summed E-state index contributed by atoms with van der Waals surface area (Å²) in [5, 5.41) is 12.4. The van der Waals surface area contributed by atoms with Crippen LogP contribution in [0.5, 0.6) is 5.75 Å². The predicted octanol–water partition coefficient (Wildman–Crippen LogP) is 1.82. The van der Waals surface area contributed by atoms with Gasteiger partial charge in [0.25, 0.3) is 5.91 Å². The van der Waals surface area contributed by atoms with Gasteiger partial charge in [0.2, 0.25) is 0 Å². The summed E-state index contributed by atoms with van der Waals surface area (Å²) in [7, 11) is 0. The minimum Gasteiger partial charge on any atom is -0.479 e. The fraction of sp³-hybridized carbons (Fsp3) is 0.286. The third-order valence-electron chi connectivity index (χ3n) is 2.91. The van der Waals surface area contributed by atoms with E-state index in [1.54, 1.807) is 0 Å². The smallest absolute Gasteiger partial charge is 0.260 e. The molecule has 0 bridgehead atoms. The number of aliphatic hydroxyl groups excluding tert-OH is 1. The van der Waals surface area contributed by atoms with Crippen LogP contribution in [-0.2, 0) is 4.79 Å². The highest BCUT2D eigenvalue weighted by atomic mass is 35.5.